The minimum atomic E-state index is -0.792. The Bertz CT molecular complexity index is 456. The molecule has 3 N–H and O–H groups in total. The number of carbonyl (C=O) groups is 1. The molecule has 22 heavy (non-hydrogen) atoms. The lowest BCUT2D eigenvalue weighted by atomic mass is 9.96. The molecule has 1 aliphatic heterocycles. The van der Waals surface area contributed by atoms with Crippen molar-refractivity contribution in [2.45, 2.75) is 38.3 Å². The number of hydrogen-bond donors (Lipinski definition) is 2. The Morgan fingerprint density at radius 1 is 1.55 bits per heavy atom. The fraction of sp³-hybridized carbons (Fsp3) is 0.688. The number of thiophene rings is 1. The maximum absolute atomic E-state index is 12.3. The summed E-state index contributed by atoms with van der Waals surface area (Å²) in [5.41, 5.74) is 5.32. The van der Waals surface area contributed by atoms with Gasteiger partial charge in [0.2, 0.25) is 5.91 Å². The van der Waals surface area contributed by atoms with Crippen LogP contribution in [0.25, 0.3) is 0 Å². The number of nitrogens with one attached hydrogen (secondary N) is 1. The molecule has 1 aromatic rings. The van der Waals surface area contributed by atoms with Gasteiger partial charge in [-0.3, -0.25) is 9.69 Å². The predicted molar refractivity (Wildman–Crippen MR) is 90.0 cm³/mol. The van der Waals surface area contributed by atoms with Gasteiger partial charge in [-0.05, 0) is 24.8 Å². The fourth-order valence-corrected chi connectivity index (χ4v) is 3.66. The zero-order valence-corrected chi connectivity index (χ0v) is 14.3. The molecule has 2 atom stereocenters. The van der Waals surface area contributed by atoms with Gasteiger partial charge in [0.05, 0.1) is 24.8 Å². The Labute approximate surface area is 136 Å². The molecule has 2 heterocycles. The highest BCUT2D eigenvalue weighted by atomic mass is 32.1. The normalized spacial score (nSPS) is 20.3. The average Bonchev–Trinajstić information content (AvgIpc) is 3.02. The summed E-state index contributed by atoms with van der Waals surface area (Å²) < 4.78 is 5.43. The molecule has 1 aromatic heterocycles. The van der Waals surface area contributed by atoms with E-state index in [1.807, 2.05) is 6.92 Å². The van der Waals surface area contributed by atoms with Gasteiger partial charge in [0.15, 0.2) is 0 Å². The minimum Gasteiger partial charge on any atom is -0.379 e. The maximum Gasteiger partial charge on any atom is 0.239 e. The second-order valence-electron chi connectivity index (χ2n) is 6.06. The van der Waals surface area contributed by atoms with E-state index < -0.39 is 5.54 Å². The number of hydrogen-bond acceptors (Lipinski definition) is 5. The molecule has 5 nitrogen and oxygen atoms in total. The topological polar surface area (TPSA) is 67.6 Å². The molecular weight excluding hydrogens is 298 g/mol. The lowest BCUT2D eigenvalue weighted by molar-refractivity contribution is -0.126. The molecule has 2 unspecified atom stereocenters. The molecule has 0 spiro atoms. The number of rotatable bonds is 7. The van der Waals surface area contributed by atoms with Crippen LogP contribution in [-0.4, -0.2) is 49.2 Å². The SMILES string of the molecule is CCCC(C)(N)C(=O)NCC(c1cccs1)N1CCOCC1. The maximum atomic E-state index is 12.3. The molecular formula is C16H27N3O2S. The van der Waals surface area contributed by atoms with E-state index in [9.17, 15) is 4.79 Å². The molecule has 1 amide bonds. The first-order valence-electron chi connectivity index (χ1n) is 7.97. The molecule has 0 bridgehead atoms. The van der Waals surface area contributed by atoms with Crippen LogP contribution >= 0.6 is 11.3 Å². The van der Waals surface area contributed by atoms with Gasteiger partial charge in [0.25, 0.3) is 0 Å². The lowest BCUT2D eigenvalue weighted by Crippen LogP contribution is -2.53. The Morgan fingerprint density at radius 2 is 2.27 bits per heavy atom. The van der Waals surface area contributed by atoms with Crippen LogP contribution in [0.3, 0.4) is 0 Å². The third-order valence-electron chi connectivity index (χ3n) is 4.10. The second kappa shape index (κ2) is 8.06. The first-order valence-corrected chi connectivity index (χ1v) is 8.85. The number of morpholine rings is 1. The van der Waals surface area contributed by atoms with Crippen molar-refractivity contribution in [3.05, 3.63) is 22.4 Å². The lowest BCUT2D eigenvalue weighted by Gasteiger charge is -2.34. The van der Waals surface area contributed by atoms with E-state index in [0.717, 1.165) is 32.7 Å². The summed E-state index contributed by atoms with van der Waals surface area (Å²) in [7, 11) is 0. The zero-order chi connectivity index (χ0) is 16.0. The van der Waals surface area contributed by atoms with Crippen molar-refractivity contribution >= 4 is 17.2 Å². The zero-order valence-electron chi connectivity index (χ0n) is 13.5. The van der Waals surface area contributed by atoms with Crippen molar-refractivity contribution < 1.29 is 9.53 Å². The van der Waals surface area contributed by atoms with Gasteiger partial charge >= 0.3 is 0 Å². The van der Waals surface area contributed by atoms with Crippen molar-refractivity contribution in [2.75, 3.05) is 32.8 Å². The molecule has 124 valence electrons. The van der Waals surface area contributed by atoms with Gasteiger partial charge < -0.3 is 15.8 Å². The van der Waals surface area contributed by atoms with Crippen molar-refractivity contribution in [3.8, 4) is 0 Å². The van der Waals surface area contributed by atoms with Gasteiger partial charge in [-0.25, -0.2) is 0 Å². The molecule has 0 radical (unpaired) electrons. The molecule has 1 fully saturated rings. The highest BCUT2D eigenvalue weighted by Gasteiger charge is 2.29. The Kier molecular flexibility index (Phi) is 6.37. The molecule has 0 saturated carbocycles. The summed E-state index contributed by atoms with van der Waals surface area (Å²) in [5, 5.41) is 5.13. The molecule has 0 aliphatic carbocycles. The van der Waals surface area contributed by atoms with Crippen LogP contribution in [0.2, 0.25) is 0 Å². The third-order valence-corrected chi connectivity index (χ3v) is 5.08. The monoisotopic (exact) mass is 325 g/mol. The smallest absolute Gasteiger partial charge is 0.239 e. The fourth-order valence-electron chi connectivity index (χ4n) is 2.80. The number of nitrogens with zero attached hydrogens (tertiary/aromatic N) is 1. The highest BCUT2D eigenvalue weighted by molar-refractivity contribution is 7.10. The standard InChI is InChI=1S/C16H27N3O2S/c1-3-6-16(2,17)15(20)18-12-13(14-5-4-11-22-14)19-7-9-21-10-8-19/h4-5,11,13H,3,6-10,12,17H2,1-2H3,(H,18,20). The summed E-state index contributed by atoms with van der Waals surface area (Å²) in [6, 6.07) is 4.38. The van der Waals surface area contributed by atoms with E-state index in [1.165, 1.54) is 4.88 Å². The van der Waals surface area contributed by atoms with E-state index in [-0.39, 0.29) is 11.9 Å². The first-order chi connectivity index (χ1) is 10.5. The molecule has 2 rings (SSSR count). The highest BCUT2D eigenvalue weighted by Crippen LogP contribution is 2.25. The van der Waals surface area contributed by atoms with Crippen molar-refractivity contribution in [1.29, 1.82) is 0 Å². The summed E-state index contributed by atoms with van der Waals surface area (Å²) in [6.07, 6.45) is 1.60. The quantitative estimate of drug-likeness (QED) is 0.801. The minimum absolute atomic E-state index is 0.0656. The summed E-state index contributed by atoms with van der Waals surface area (Å²) >= 11 is 1.73. The number of carbonyl (C=O) groups excluding carboxylic acids is 1. The Balaban J connectivity index is 1.99. The first kappa shape index (κ1) is 17.4. The van der Waals surface area contributed by atoms with E-state index in [0.29, 0.717) is 13.0 Å². The molecule has 0 aromatic carbocycles. The number of nitrogens with two attached hydrogens (primary N) is 1. The van der Waals surface area contributed by atoms with Crippen LogP contribution in [0, 0.1) is 0 Å². The second-order valence-corrected chi connectivity index (χ2v) is 7.04. The van der Waals surface area contributed by atoms with E-state index in [1.54, 1.807) is 18.3 Å². The van der Waals surface area contributed by atoms with E-state index in [2.05, 4.69) is 27.7 Å². The largest absolute Gasteiger partial charge is 0.379 e. The van der Waals surface area contributed by atoms with Crippen molar-refractivity contribution in [1.82, 2.24) is 10.2 Å². The third kappa shape index (κ3) is 4.52. The summed E-state index contributed by atoms with van der Waals surface area (Å²) in [4.78, 5) is 16.0. The Morgan fingerprint density at radius 3 is 2.86 bits per heavy atom. The van der Waals surface area contributed by atoms with Gasteiger partial charge in [-0.2, -0.15) is 0 Å². The van der Waals surface area contributed by atoms with Gasteiger partial charge in [-0.15, -0.1) is 11.3 Å². The number of ether oxygens (including phenoxy) is 1. The van der Waals surface area contributed by atoms with Gasteiger partial charge in [0.1, 0.15) is 0 Å². The molecule has 6 heteroatoms. The van der Waals surface area contributed by atoms with Crippen molar-refractivity contribution in [2.24, 2.45) is 5.73 Å². The summed E-state index contributed by atoms with van der Waals surface area (Å²) in [5.74, 6) is -0.0656. The van der Waals surface area contributed by atoms with E-state index in [4.69, 9.17) is 10.5 Å². The van der Waals surface area contributed by atoms with Gasteiger partial charge in [0, 0.05) is 24.5 Å². The number of amides is 1. The van der Waals surface area contributed by atoms with Crippen LogP contribution in [0.1, 0.15) is 37.6 Å². The van der Waals surface area contributed by atoms with Crippen LogP contribution in [0.15, 0.2) is 17.5 Å². The van der Waals surface area contributed by atoms with E-state index >= 15 is 0 Å². The van der Waals surface area contributed by atoms with Crippen molar-refractivity contribution in [3.63, 3.8) is 0 Å². The van der Waals surface area contributed by atoms with Crippen LogP contribution in [0.5, 0.6) is 0 Å². The Hall–Kier alpha value is -0.950. The average molecular weight is 325 g/mol. The van der Waals surface area contributed by atoms with Gasteiger partial charge in [-0.1, -0.05) is 19.4 Å². The summed E-state index contributed by atoms with van der Waals surface area (Å²) in [6.45, 7) is 7.73. The van der Waals surface area contributed by atoms with Crippen LogP contribution in [0.4, 0.5) is 0 Å². The predicted octanol–water partition coefficient (Wildman–Crippen LogP) is 1.76. The van der Waals surface area contributed by atoms with Crippen LogP contribution < -0.4 is 11.1 Å². The van der Waals surface area contributed by atoms with Crippen LogP contribution in [-0.2, 0) is 9.53 Å². The molecule has 1 aliphatic rings. The molecule has 1 saturated heterocycles.